The minimum absolute atomic E-state index is 0.0815. The number of hydrogen-bond donors (Lipinski definition) is 0. The highest BCUT2D eigenvalue weighted by Crippen LogP contribution is 2.27. The Bertz CT molecular complexity index is 749. The summed E-state index contributed by atoms with van der Waals surface area (Å²) in [6.45, 7) is 11.3. The van der Waals surface area contributed by atoms with Crippen molar-refractivity contribution < 1.29 is 13.9 Å². The van der Waals surface area contributed by atoms with E-state index in [0.717, 1.165) is 5.69 Å². The van der Waals surface area contributed by atoms with E-state index in [1.807, 2.05) is 39.3 Å². The summed E-state index contributed by atoms with van der Waals surface area (Å²) in [5.74, 6) is 1.05. The molecule has 136 valence electrons. The molecule has 0 radical (unpaired) electrons. The van der Waals surface area contributed by atoms with Crippen LogP contribution in [0.5, 0.6) is 0 Å². The molecule has 0 aliphatic carbocycles. The highest BCUT2D eigenvalue weighted by atomic mass is 16.5. The molecule has 0 spiro atoms. The van der Waals surface area contributed by atoms with Crippen LogP contribution in [-0.2, 0) is 4.74 Å². The van der Waals surface area contributed by atoms with E-state index < -0.39 is 0 Å². The number of aromatic nitrogens is 4. The van der Waals surface area contributed by atoms with Crippen molar-refractivity contribution in [1.29, 1.82) is 0 Å². The van der Waals surface area contributed by atoms with E-state index in [0.29, 0.717) is 37.1 Å². The van der Waals surface area contributed by atoms with E-state index >= 15 is 0 Å². The molecule has 3 rings (SSSR count). The van der Waals surface area contributed by atoms with Gasteiger partial charge in [-0.15, -0.1) is 10.2 Å². The molecule has 1 atom stereocenters. The lowest BCUT2D eigenvalue weighted by molar-refractivity contribution is -0.0108. The highest BCUT2D eigenvalue weighted by Gasteiger charge is 2.34. The predicted octanol–water partition coefficient (Wildman–Crippen LogP) is 2.49. The lowest BCUT2D eigenvalue weighted by Gasteiger charge is -2.33. The fraction of sp³-hybridized carbons (Fsp3) is 0.647. The van der Waals surface area contributed by atoms with Crippen LogP contribution >= 0.6 is 0 Å². The zero-order chi connectivity index (χ0) is 18.1. The van der Waals surface area contributed by atoms with Crippen molar-refractivity contribution in [3.05, 3.63) is 29.2 Å². The Hall–Kier alpha value is -2.22. The quantitative estimate of drug-likeness (QED) is 0.844. The zero-order valence-electron chi connectivity index (χ0n) is 15.4. The Morgan fingerprint density at radius 3 is 2.64 bits per heavy atom. The SMILES string of the molecule is Cc1c(C(=O)N2CCOC[C@@H]2c2nnc(C(C)C)o2)cnn1C(C)C. The number of morpholine rings is 1. The monoisotopic (exact) mass is 347 g/mol. The number of nitrogens with zero attached hydrogens (tertiary/aromatic N) is 5. The van der Waals surface area contributed by atoms with E-state index in [9.17, 15) is 4.79 Å². The average molecular weight is 347 g/mol. The molecule has 0 bridgehead atoms. The minimum atomic E-state index is -0.372. The van der Waals surface area contributed by atoms with Gasteiger partial charge >= 0.3 is 0 Å². The lowest BCUT2D eigenvalue weighted by Crippen LogP contribution is -2.43. The maximum absolute atomic E-state index is 13.1. The Morgan fingerprint density at radius 2 is 2.04 bits per heavy atom. The van der Waals surface area contributed by atoms with Gasteiger partial charge in [0.05, 0.1) is 25.0 Å². The molecule has 1 fully saturated rings. The molecular formula is C17H25N5O3. The van der Waals surface area contributed by atoms with Gasteiger partial charge in [-0.25, -0.2) is 0 Å². The van der Waals surface area contributed by atoms with Gasteiger partial charge in [0.2, 0.25) is 11.8 Å². The number of amides is 1. The van der Waals surface area contributed by atoms with Gasteiger partial charge in [0.15, 0.2) is 0 Å². The van der Waals surface area contributed by atoms with Gasteiger partial charge in [0.1, 0.15) is 6.04 Å². The number of ether oxygens (including phenoxy) is 1. The van der Waals surface area contributed by atoms with Crippen molar-refractivity contribution in [2.45, 2.75) is 52.6 Å². The Kier molecular flexibility index (Phi) is 4.89. The van der Waals surface area contributed by atoms with Crippen LogP contribution in [0.25, 0.3) is 0 Å². The number of hydrogen-bond acceptors (Lipinski definition) is 6. The highest BCUT2D eigenvalue weighted by molar-refractivity contribution is 5.95. The summed E-state index contributed by atoms with van der Waals surface area (Å²) < 4.78 is 13.2. The van der Waals surface area contributed by atoms with Crippen LogP contribution in [0.2, 0.25) is 0 Å². The molecule has 2 aromatic heterocycles. The minimum Gasteiger partial charge on any atom is -0.423 e. The third-order valence-electron chi connectivity index (χ3n) is 4.39. The molecule has 0 aromatic carbocycles. The number of carbonyl (C=O) groups is 1. The van der Waals surface area contributed by atoms with Gasteiger partial charge in [0, 0.05) is 24.2 Å². The van der Waals surface area contributed by atoms with E-state index in [4.69, 9.17) is 9.15 Å². The largest absolute Gasteiger partial charge is 0.423 e. The molecule has 0 saturated carbocycles. The van der Waals surface area contributed by atoms with Crippen molar-refractivity contribution >= 4 is 5.91 Å². The first-order chi connectivity index (χ1) is 11.9. The Labute approximate surface area is 147 Å². The average Bonchev–Trinajstić information content (AvgIpc) is 3.21. The molecule has 0 N–H and O–H groups in total. The summed E-state index contributed by atoms with van der Waals surface area (Å²) in [6, 6.07) is -0.172. The van der Waals surface area contributed by atoms with Crippen LogP contribution in [0.1, 0.15) is 73.5 Å². The van der Waals surface area contributed by atoms with Gasteiger partial charge in [0.25, 0.3) is 5.91 Å². The summed E-state index contributed by atoms with van der Waals surface area (Å²) in [7, 11) is 0. The normalized spacial score (nSPS) is 18.4. The summed E-state index contributed by atoms with van der Waals surface area (Å²) in [5, 5.41) is 12.6. The van der Waals surface area contributed by atoms with Crippen LogP contribution in [0.3, 0.4) is 0 Å². The first kappa shape index (κ1) is 17.6. The summed E-state index contributed by atoms with van der Waals surface area (Å²) in [4.78, 5) is 14.9. The summed E-state index contributed by atoms with van der Waals surface area (Å²) >= 11 is 0. The van der Waals surface area contributed by atoms with Gasteiger partial charge < -0.3 is 14.1 Å². The van der Waals surface area contributed by atoms with E-state index in [2.05, 4.69) is 15.3 Å². The second-order valence-corrected chi connectivity index (χ2v) is 6.90. The maximum atomic E-state index is 13.1. The Morgan fingerprint density at radius 1 is 1.28 bits per heavy atom. The van der Waals surface area contributed by atoms with Gasteiger partial charge in [-0.1, -0.05) is 13.8 Å². The summed E-state index contributed by atoms with van der Waals surface area (Å²) in [5.41, 5.74) is 1.46. The molecule has 25 heavy (non-hydrogen) atoms. The van der Waals surface area contributed by atoms with Crippen LogP contribution in [-0.4, -0.2) is 50.5 Å². The van der Waals surface area contributed by atoms with Gasteiger partial charge in [-0.05, 0) is 20.8 Å². The Balaban J connectivity index is 1.88. The van der Waals surface area contributed by atoms with Crippen LogP contribution in [0.4, 0.5) is 0 Å². The van der Waals surface area contributed by atoms with E-state index in [1.165, 1.54) is 0 Å². The van der Waals surface area contributed by atoms with E-state index in [1.54, 1.807) is 11.1 Å². The third-order valence-corrected chi connectivity index (χ3v) is 4.39. The van der Waals surface area contributed by atoms with Gasteiger partial charge in [-0.2, -0.15) is 5.10 Å². The molecule has 1 aliphatic rings. The second-order valence-electron chi connectivity index (χ2n) is 6.90. The van der Waals surface area contributed by atoms with Crippen LogP contribution in [0.15, 0.2) is 10.6 Å². The van der Waals surface area contributed by atoms with Crippen LogP contribution in [0, 0.1) is 6.92 Å². The molecule has 1 amide bonds. The van der Waals surface area contributed by atoms with Gasteiger partial charge in [-0.3, -0.25) is 9.48 Å². The van der Waals surface area contributed by atoms with Crippen molar-refractivity contribution in [3.8, 4) is 0 Å². The molecule has 1 saturated heterocycles. The van der Waals surface area contributed by atoms with Crippen molar-refractivity contribution in [2.24, 2.45) is 0 Å². The van der Waals surface area contributed by atoms with Crippen molar-refractivity contribution in [2.75, 3.05) is 19.8 Å². The summed E-state index contributed by atoms with van der Waals surface area (Å²) in [6.07, 6.45) is 1.64. The third kappa shape index (κ3) is 3.30. The smallest absolute Gasteiger partial charge is 0.258 e. The molecular weight excluding hydrogens is 322 g/mol. The molecule has 2 aromatic rings. The van der Waals surface area contributed by atoms with E-state index in [-0.39, 0.29) is 23.9 Å². The fourth-order valence-corrected chi connectivity index (χ4v) is 2.97. The van der Waals surface area contributed by atoms with Crippen molar-refractivity contribution in [1.82, 2.24) is 24.9 Å². The molecule has 8 heteroatoms. The first-order valence-corrected chi connectivity index (χ1v) is 8.66. The molecule has 1 aliphatic heterocycles. The lowest BCUT2D eigenvalue weighted by atomic mass is 10.1. The molecule has 3 heterocycles. The number of carbonyl (C=O) groups excluding carboxylic acids is 1. The molecule has 0 unspecified atom stereocenters. The zero-order valence-corrected chi connectivity index (χ0v) is 15.4. The fourth-order valence-electron chi connectivity index (χ4n) is 2.97. The topological polar surface area (TPSA) is 86.3 Å². The van der Waals surface area contributed by atoms with Crippen molar-refractivity contribution in [3.63, 3.8) is 0 Å². The predicted molar refractivity (Wildman–Crippen MR) is 90.3 cm³/mol. The first-order valence-electron chi connectivity index (χ1n) is 8.66. The number of rotatable bonds is 4. The van der Waals surface area contributed by atoms with Crippen LogP contribution < -0.4 is 0 Å². The second kappa shape index (κ2) is 6.95. The standard InChI is InChI=1S/C17H25N5O3/c1-10(2)15-19-20-16(25-15)14-9-24-7-6-21(14)17(23)13-8-18-22(11(3)4)12(13)5/h8,10-11,14H,6-7,9H2,1-5H3/t14-/m1/s1. The molecule has 8 nitrogen and oxygen atoms in total. The maximum Gasteiger partial charge on any atom is 0.258 e.